The minimum atomic E-state index is -1.73. The highest BCUT2D eigenvalue weighted by Crippen LogP contribution is 2.20. The Balaban J connectivity index is 1.78. The molecular formula is C54H82N10O13. The molecule has 426 valence electrons. The first kappa shape index (κ1) is 64.3. The van der Waals surface area contributed by atoms with Gasteiger partial charge in [0.1, 0.15) is 48.3 Å². The van der Waals surface area contributed by atoms with Crippen molar-refractivity contribution in [1.82, 2.24) is 47.5 Å². The molecule has 12 atom stereocenters. The van der Waals surface area contributed by atoms with Gasteiger partial charge < -0.3 is 73.7 Å². The van der Waals surface area contributed by atoms with Crippen molar-refractivity contribution in [2.24, 2.45) is 29.4 Å². The van der Waals surface area contributed by atoms with Crippen molar-refractivity contribution in [2.75, 3.05) is 6.61 Å². The fourth-order valence-electron chi connectivity index (χ4n) is 8.40. The summed E-state index contributed by atoms with van der Waals surface area (Å²) in [4.78, 5) is 126. The van der Waals surface area contributed by atoms with Crippen molar-refractivity contribution in [1.29, 1.82) is 0 Å². The first-order valence-electron chi connectivity index (χ1n) is 26.2. The molecule has 0 radical (unpaired) electrons. The molecule has 23 nitrogen and oxygen atoms in total. The van der Waals surface area contributed by atoms with E-state index in [-0.39, 0.29) is 37.5 Å². The molecule has 0 fully saturated rings. The van der Waals surface area contributed by atoms with Gasteiger partial charge in [-0.3, -0.25) is 38.4 Å². The van der Waals surface area contributed by atoms with Crippen LogP contribution in [0, 0.1) is 23.7 Å². The van der Waals surface area contributed by atoms with Gasteiger partial charge in [-0.05, 0) is 74.0 Å². The summed E-state index contributed by atoms with van der Waals surface area (Å²) in [6.45, 7) is 15.1. The molecule has 0 aliphatic carbocycles. The lowest BCUT2D eigenvalue weighted by Gasteiger charge is -2.30. The van der Waals surface area contributed by atoms with Gasteiger partial charge in [0.2, 0.25) is 47.3 Å². The number of aromatic amines is 1. The van der Waals surface area contributed by atoms with Crippen molar-refractivity contribution < 1.29 is 63.6 Å². The minimum Gasteiger partial charge on any atom is -0.480 e. The number of carboxylic acid groups (broad SMARTS) is 1. The number of aromatic nitrogens is 1. The summed E-state index contributed by atoms with van der Waals surface area (Å²) in [6.07, 6.45) is -0.852. The summed E-state index contributed by atoms with van der Waals surface area (Å²) >= 11 is 0. The molecule has 8 amide bonds. The highest BCUT2D eigenvalue weighted by Gasteiger charge is 2.38. The topological polar surface area (TPSA) is 373 Å². The van der Waals surface area contributed by atoms with Crippen LogP contribution in [-0.4, -0.2) is 152 Å². The molecule has 2 aromatic carbocycles. The highest BCUT2D eigenvalue weighted by atomic mass is 16.4. The van der Waals surface area contributed by atoms with Crippen LogP contribution in [0.15, 0.2) is 60.8 Å². The van der Waals surface area contributed by atoms with E-state index in [9.17, 15) is 63.6 Å². The molecule has 0 unspecified atom stereocenters. The van der Waals surface area contributed by atoms with Crippen molar-refractivity contribution in [3.8, 4) is 0 Å². The molecule has 0 aliphatic heterocycles. The van der Waals surface area contributed by atoms with E-state index in [1.54, 1.807) is 96.3 Å². The molecule has 1 aromatic heterocycles. The molecule has 0 saturated heterocycles. The van der Waals surface area contributed by atoms with Gasteiger partial charge in [-0.25, -0.2) is 4.79 Å². The predicted octanol–water partition coefficient (Wildman–Crippen LogP) is -0.208. The number of aliphatic hydroxyl groups excluding tert-OH is 3. The average Bonchev–Trinajstić information content (AvgIpc) is 3.77. The zero-order valence-electron chi connectivity index (χ0n) is 45.7. The van der Waals surface area contributed by atoms with Gasteiger partial charge in [-0.2, -0.15) is 0 Å². The Morgan fingerprint density at radius 2 is 0.948 bits per heavy atom. The summed E-state index contributed by atoms with van der Waals surface area (Å²) in [5.74, 6) is -10.1. The quantitative estimate of drug-likeness (QED) is 0.0397. The second kappa shape index (κ2) is 30.7. The van der Waals surface area contributed by atoms with Crippen molar-refractivity contribution >= 4 is 64.1 Å². The number of nitrogens with two attached hydrogens (primary N) is 1. The first-order chi connectivity index (χ1) is 36.2. The Labute approximate surface area is 449 Å². The lowest BCUT2D eigenvalue weighted by molar-refractivity contribution is -0.144. The van der Waals surface area contributed by atoms with Crippen molar-refractivity contribution in [2.45, 2.75) is 168 Å². The number of hydrogen-bond donors (Lipinski definition) is 14. The molecule has 1 heterocycles. The maximum Gasteiger partial charge on any atom is 0.326 e. The summed E-state index contributed by atoms with van der Waals surface area (Å²) < 4.78 is 0. The maximum absolute atomic E-state index is 14.0. The molecule has 0 spiro atoms. The number of nitrogens with one attached hydrogen (secondary N) is 9. The number of aliphatic carboxylic acids is 1. The number of para-hydroxylation sites is 1. The van der Waals surface area contributed by atoms with Gasteiger partial charge in [0.05, 0.1) is 24.9 Å². The summed E-state index contributed by atoms with van der Waals surface area (Å²) in [6, 6.07) is 3.41. The van der Waals surface area contributed by atoms with Crippen LogP contribution in [0.25, 0.3) is 10.9 Å². The van der Waals surface area contributed by atoms with Gasteiger partial charge in [-0.15, -0.1) is 0 Å². The highest BCUT2D eigenvalue weighted by molar-refractivity contribution is 5.98. The minimum absolute atomic E-state index is 0.0225. The van der Waals surface area contributed by atoms with E-state index in [0.29, 0.717) is 12.0 Å². The van der Waals surface area contributed by atoms with Crippen LogP contribution in [0.4, 0.5) is 0 Å². The first-order valence-corrected chi connectivity index (χ1v) is 26.2. The largest absolute Gasteiger partial charge is 0.480 e. The Morgan fingerprint density at radius 1 is 0.519 bits per heavy atom. The lowest BCUT2D eigenvalue weighted by atomic mass is 9.97. The van der Waals surface area contributed by atoms with Gasteiger partial charge in [0.15, 0.2) is 0 Å². The third-order valence-corrected chi connectivity index (χ3v) is 13.0. The number of amides is 8. The number of rotatable bonds is 31. The van der Waals surface area contributed by atoms with Crippen LogP contribution < -0.4 is 48.3 Å². The maximum atomic E-state index is 14.0. The van der Waals surface area contributed by atoms with Crippen LogP contribution in [-0.2, 0) is 56.0 Å². The Bertz CT molecular complexity index is 2460. The van der Waals surface area contributed by atoms with Gasteiger partial charge in [0.25, 0.3) is 0 Å². The molecule has 15 N–H and O–H groups in total. The van der Waals surface area contributed by atoms with E-state index in [2.05, 4.69) is 47.5 Å². The van der Waals surface area contributed by atoms with Gasteiger partial charge in [0, 0.05) is 23.5 Å². The number of aliphatic hydroxyl groups is 3. The molecule has 0 bridgehead atoms. The molecule has 77 heavy (non-hydrogen) atoms. The van der Waals surface area contributed by atoms with E-state index in [4.69, 9.17) is 5.73 Å². The SMILES string of the molecule is CC[C@H](C)[C@H](NC(=O)[C@H](Cc1c[nH]c2ccccc12)NC(=O)[C@@H](NC(=O)[C@@H](NC(=O)[C@H](CO)NC(=O)[C@H](CC(C)C)NC(=O)[C@@H](NC(=O)[C@H](CC(C)C)NC(=O)[C@@H](N)Cc1ccccc1)[C@@H](C)O)C(C)C)[C@@H](C)O)C(=O)O. The number of carbonyl (C=O) groups excluding carboxylic acids is 8. The second-order valence-electron chi connectivity index (χ2n) is 20.9. The normalized spacial score (nSPS) is 16.2. The molecule has 3 rings (SSSR count). The van der Waals surface area contributed by atoms with Crippen LogP contribution in [0.3, 0.4) is 0 Å². The fraction of sp³-hybridized carbons (Fsp3) is 0.574. The van der Waals surface area contributed by atoms with E-state index in [1.165, 1.54) is 13.8 Å². The Hall–Kier alpha value is -6.95. The van der Waals surface area contributed by atoms with E-state index < -0.39 is 138 Å². The van der Waals surface area contributed by atoms with Crippen LogP contribution in [0.2, 0.25) is 0 Å². The monoisotopic (exact) mass is 1080 g/mol. The number of fused-ring (bicyclic) bond motifs is 1. The standard InChI is InChI=1S/C54H82N10O13/c1-11-30(8)43(54(76)77)62-49(71)40(24-34-25-56-37-20-16-15-19-35(34)37)59-53(75)45(32(10)67)64-51(73)42(29(6)7)61-50(72)41(26-65)60-47(69)38(21-27(2)3)58-52(74)44(31(9)66)63-48(70)39(22-28(4)5)57-46(68)36(55)23-33-17-13-12-14-18-33/h12-20,25,27-32,36,38-45,56,65-67H,11,21-24,26,55H2,1-10H3,(H,57,68)(H,58,74)(H,59,75)(H,60,69)(H,61,72)(H,62,71)(H,63,70)(H,64,73)(H,76,77)/t30-,31+,32+,36-,38-,39-,40-,41-,42-,43-,44-,45-/m0/s1. The number of carboxylic acids is 1. The summed E-state index contributed by atoms with van der Waals surface area (Å²) in [5.41, 5.74) is 8.32. The van der Waals surface area contributed by atoms with Crippen molar-refractivity contribution in [3.63, 3.8) is 0 Å². The summed E-state index contributed by atoms with van der Waals surface area (Å²) in [7, 11) is 0. The fourth-order valence-corrected chi connectivity index (χ4v) is 8.40. The molecule has 0 saturated carbocycles. The van der Waals surface area contributed by atoms with Gasteiger partial charge >= 0.3 is 5.97 Å². The summed E-state index contributed by atoms with van der Waals surface area (Å²) in [5, 5.41) is 62.7. The molecule has 23 heteroatoms. The van der Waals surface area contributed by atoms with Crippen LogP contribution in [0.5, 0.6) is 0 Å². The molecular weight excluding hydrogens is 997 g/mol. The number of benzene rings is 2. The lowest BCUT2D eigenvalue weighted by Crippen LogP contribution is -2.63. The molecule has 0 aliphatic rings. The predicted molar refractivity (Wildman–Crippen MR) is 287 cm³/mol. The average molecular weight is 1080 g/mol. The third-order valence-electron chi connectivity index (χ3n) is 13.0. The van der Waals surface area contributed by atoms with E-state index >= 15 is 0 Å². The Morgan fingerprint density at radius 3 is 1.45 bits per heavy atom. The zero-order chi connectivity index (χ0) is 57.8. The van der Waals surface area contributed by atoms with Crippen LogP contribution >= 0.6 is 0 Å². The second-order valence-corrected chi connectivity index (χ2v) is 20.9. The zero-order valence-corrected chi connectivity index (χ0v) is 45.7. The van der Waals surface area contributed by atoms with E-state index in [1.807, 2.05) is 19.9 Å². The van der Waals surface area contributed by atoms with Crippen molar-refractivity contribution in [3.05, 3.63) is 71.9 Å². The van der Waals surface area contributed by atoms with E-state index in [0.717, 1.165) is 16.5 Å². The smallest absolute Gasteiger partial charge is 0.326 e. The number of carbonyl (C=O) groups is 9. The Kier molecular flexibility index (Phi) is 25.7. The molecule has 3 aromatic rings. The number of H-pyrrole nitrogens is 1. The number of hydrogen-bond acceptors (Lipinski definition) is 13. The third kappa shape index (κ3) is 19.9. The van der Waals surface area contributed by atoms with Crippen LogP contribution in [0.1, 0.15) is 99.6 Å². The van der Waals surface area contributed by atoms with Gasteiger partial charge in [-0.1, -0.05) is 110 Å².